The number of hydrogen-bond donors (Lipinski definition) is 2. The van der Waals surface area contributed by atoms with Gasteiger partial charge in [-0.3, -0.25) is 9.59 Å². The molecule has 2 amide bonds. The Hall–Kier alpha value is -2.34. The fraction of sp³-hybridized carbons (Fsp3) is 0.294. The first kappa shape index (κ1) is 15.6. The maximum absolute atomic E-state index is 12.0. The zero-order chi connectivity index (χ0) is 16.1. The van der Waals surface area contributed by atoms with Crippen LogP contribution in [-0.2, 0) is 11.3 Å². The summed E-state index contributed by atoms with van der Waals surface area (Å²) in [6.07, 6.45) is 2.10. The number of benzene rings is 1. The third kappa shape index (κ3) is 4.82. The topological polar surface area (TPSA) is 67.4 Å². The van der Waals surface area contributed by atoms with Gasteiger partial charge in [-0.25, -0.2) is 0 Å². The maximum Gasteiger partial charge on any atom is 0.258 e. The summed E-state index contributed by atoms with van der Waals surface area (Å²) in [6, 6.07) is 11.1. The van der Waals surface area contributed by atoms with Crippen molar-refractivity contribution in [2.45, 2.75) is 25.4 Å². The largest absolute Gasteiger partial charge is 0.484 e. The number of thiophene rings is 1. The molecule has 1 aromatic carbocycles. The van der Waals surface area contributed by atoms with Crippen molar-refractivity contribution < 1.29 is 14.3 Å². The number of rotatable bonds is 7. The summed E-state index contributed by atoms with van der Waals surface area (Å²) in [5.41, 5.74) is 0.549. The fourth-order valence-electron chi connectivity index (χ4n) is 2.02. The first-order valence-corrected chi connectivity index (χ1v) is 8.41. The molecule has 23 heavy (non-hydrogen) atoms. The van der Waals surface area contributed by atoms with Crippen molar-refractivity contribution in [3.8, 4) is 5.75 Å². The van der Waals surface area contributed by atoms with Gasteiger partial charge in [0.2, 0.25) is 0 Å². The van der Waals surface area contributed by atoms with Gasteiger partial charge in [0, 0.05) is 16.5 Å². The molecular weight excluding hydrogens is 312 g/mol. The van der Waals surface area contributed by atoms with Crippen LogP contribution in [0.15, 0.2) is 41.8 Å². The second-order valence-corrected chi connectivity index (χ2v) is 6.45. The summed E-state index contributed by atoms with van der Waals surface area (Å²) < 4.78 is 5.46. The average molecular weight is 330 g/mol. The van der Waals surface area contributed by atoms with Gasteiger partial charge in [0.25, 0.3) is 11.8 Å². The van der Waals surface area contributed by atoms with Crippen LogP contribution in [0.2, 0.25) is 0 Å². The highest BCUT2D eigenvalue weighted by Gasteiger charge is 2.23. The lowest BCUT2D eigenvalue weighted by atomic mass is 10.2. The van der Waals surface area contributed by atoms with Gasteiger partial charge >= 0.3 is 0 Å². The number of carbonyl (C=O) groups is 2. The van der Waals surface area contributed by atoms with Crippen LogP contribution in [0.1, 0.15) is 28.1 Å². The minimum Gasteiger partial charge on any atom is -0.484 e. The maximum atomic E-state index is 12.0. The fourth-order valence-corrected chi connectivity index (χ4v) is 2.67. The molecule has 0 atom stereocenters. The Bertz CT molecular complexity index is 681. The lowest BCUT2D eigenvalue weighted by Gasteiger charge is -2.08. The van der Waals surface area contributed by atoms with Gasteiger partial charge in [-0.05, 0) is 42.5 Å². The van der Waals surface area contributed by atoms with E-state index in [4.69, 9.17) is 4.74 Å². The van der Waals surface area contributed by atoms with Crippen LogP contribution >= 0.6 is 11.3 Å². The number of ether oxygens (including phenoxy) is 1. The SMILES string of the molecule is O=C(COc1cccc(C(=O)NC2CC2)c1)NCc1cccs1. The summed E-state index contributed by atoms with van der Waals surface area (Å²) in [7, 11) is 0. The molecule has 1 saturated carbocycles. The van der Waals surface area contributed by atoms with E-state index in [1.165, 1.54) is 0 Å². The van der Waals surface area contributed by atoms with Crippen molar-refractivity contribution in [3.63, 3.8) is 0 Å². The van der Waals surface area contributed by atoms with Crippen LogP contribution in [0.5, 0.6) is 5.75 Å². The van der Waals surface area contributed by atoms with E-state index in [0.29, 0.717) is 23.9 Å². The van der Waals surface area contributed by atoms with Gasteiger partial charge in [-0.2, -0.15) is 0 Å². The molecular formula is C17H18N2O3S. The van der Waals surface area contributed by atoms with E-state index < -0.39 is 0 Å². The monoisotopic (exact) mass is 330 g/mol. The Morgan fingerprint density at radius 3 is 2.83 bits per heavy atom. The zero-order valence-corrected chi connectivity index (χ0v) is 13.4. The third-order valence-electron chi connectivity index (χ3n) is 3.42. The molecule has 0 radical (unpaired) electrons. The Morgan fingerprint density at radius 1 is 1.22 bits per heavy atom. The van der Waals surface area contributed by atoms with Gasteiger partial charge in [-0.1, -0.05) is 12.1 Å². The minimum absolute atomic E-state index is 0.0704. The van der Waals surface area contributed by atoms with Crippen LogP contribution in [0.3, 0.4) is 0 Å². The summed E-state index contributed by atoms with van der Waals surface area (Å²) in [6.45, 7) is 0.433. The Labute approximate surface area is 138 Å². The van der Waals surface area contributed by atoms with E-state index in [0.717, 1.165) is 17.7 Å². The second-order valence-electron chi connectivity index (χ2n) is 5.42. The average Bonchev–Trinajstić information content (AvgIpc) is 3.22. The second kappa shape index (κ2) is 7.28. The summed E-state index contributed by atoms with van der Waals surface area (Å²) in [5, 5.41) is 7.69. The van der Waals surface area contributed by atoms with Gasteiger partial charge < -0.3 is 15.4 Å². The Morgan fingerprint density at radius 2 is 2.09 bits per heavy atom. The highest BCUT2D eigenvalue weighted by Crippen LogP contribution is 2.20. The molecule has 1 aromatic heterocycles. The van der Waals surface area contributed by atoms with Crippen LogP contribution in [0, 0.1) is 0 Å². The van der Waals surface area contributed by atoms with E-state index in [2.05, 4.69) is 10.6 Å². The van der Waals surface area contributed by atoms with Crippen molar-refractivity contribution in [1.82, 2.24) is 10.6 Å². The van der Waals surface area contributed by atoms with Crippen LogP contribution in [0.25, 0.3) is 0 Å². The summed E-state index contributed by atoms with van der Waals surface area (Å²) in [5.74, 6) is 0.228. The molecule has 5 nitrogen and oxygen atoms in total. The van der Waals surface area contributed by atoms with Gasteiger partial charge in [0.05, 0.1) is 6.54 Å². The van der Waals surface area contributed by atoms with Crippen molar-refractivity contribution in [3.05, 3.63) is 52.2 Å². The molecule has 6 heteroatoms. The van der Waals surface area contributed by atoms with Gasteiger partial charge in [-0.15, -0.1) is 11.3 Å². The minimum atomic E-state index is -0.189. The van der Waals surface area contributed by atoms with Crippen molar-refractivity contribution >= 4 is 23.2 Å². The lowest BCUT2D eigenvalue weighted by Crippen LogP contribution is -2.28. The smallest absolute Gasteiger partial charge is 0.258 e. The van der Waals surface area contributed by atoms with Crippen LogP contribution < -0.4 is 15.4 Å². The van der Waals surface area contributed by atoms with Gasteiger partial charge in [0.1, 0.15) is 5.75 Å². The number of nitrogens with one attached hydrogen (secondary N) is 2. The normalized spacial score (nSPS) is 13.4. The third-order valence-corrected chi connectivity index (χ3v) is 4.29. The van der Waals surface area contributed by atoms with E-state index in [1.54, 1.807) is 35.6 Å². The highest BCUT2D eigenvalue weighted by atomic mass is 32.1. The standard InChI is InChI=1S/C17H18N2O3S/c20-16(18-10-15-5-2-8-23-15)11-22-14-4-1-3-12(9-14)17(21)19-13-6-7-13/h1-5,8-9,13H,6-7,10-11H2,(H,18,20)(H,19,21). The summed E-state index contributed by atoms with van der Waals surface area (Å²) in [4.78, 5) is 24.8. The molecule has 0 saturated heterocycles. The molecule has 0 spiro atoms. The Balaban J connectivity index is 1.47. The number of amides is 2. The molecule has 0 bridgehead atoms. The van der Waals surface area contributed by atoms with E-state index in [9.17, 15) is 9.59 Å². The first-order valence-electron chi connectivity index (χ1n) is 7.53. The predicted octanol–water partition coefficient (Wildman–Crippen LogP) is 2.34. The molecule has 3 rings (SSSR count). The quantitative estimate of drug-likeness (QED) is 0.819. The number of carbonyl (C=O) groups excluding carboxylic acids is 2. The summed E-state index contributed by atoms with van der Waals surface area (Å²) >= 11 is 1.59. The first-order chi connectivity index (χ1) is 11.2. The molecule has 0 unspecified atom stereocenters. The lowest BCUT2D eigenvalue weighted by molar-refractivity contribution is -0.123. The number of hydrogen-bond acceptors (Lipinski definition) is 4. The molecule has 1 aliphatic carbocycles. The highest BCUT2D eigenvalue weighted by molar-refractivity contribution is 7.09. The van der Waals surface area contributed by atoms with E-state index in [-0.39, 0.29) is 18.4 Å². The molecule has 120 valence electrons. The van der Waals surface area contributed by atoms with E-state index in [1.807, 2.05) is 17.5 Å². The van der Waals surface area contributed by atoms with Crippen molar-refractivity contribution in [2.24, 2.45) is 0 Å². The predicted molar refractivity (Wildman–Crippen MR) is 88.6 cm³/mol. The molecule has 1 aliphatic rings. The van der Waals surface area contributed by atoms with Crippen LogP contribution in [-0.4, -0.2) is 24.5 Å². The zero-order valence-electron chi connectivity index (χ0n) is 12.6. The Kier molecular flexibility index (Phi) is 4.92. The molecule has 1 heterocycles. The molecule has 2 aromatic rings. The molecule has 2 N–H and O–H groups in total. The van der Waals surface area contributed by atoms with Crippen molar-refractivity contribution in [2.75, 3.05) is 6.61 Å². The van der Waals surface area contributed by atoms with Crippen molar-refractivity contribution in [1.29, 1.82) is 0 Å². The van der Waals surface area contributed by atoms with Crippen LogP contribution in [0.4, 0.5) is 0 Å². The van der Waals surface area contributed by atoms with Gasteiger partial charge in [0.15, 0.2) is 6.61 Å². The molecule has 1 fully saturated rings. The van der Waals surface area contributed by atoms with E-state index >= 15 is 0 Å². The molecule has 0 aliphatic heterocycles.